The van der Waals surface area contributed by atoms with Crippen molar-refractivity contribution in [1.29, 1.82) is 0 Å². The number of nitrogens with one attached hydrogen (secondary N) is 1. The lowest BCUT2D eigenvalue weighted by atomic mass is 9.93. The summed E-state index contributed by atoms with van der Waals surface area (Å²) in [6.07, 6.45) is 3.28. The molecule has 22 heavy (non-hydrogen) atoms. The average molecular weight is 316 g/mol. The summed E-state index contributed by atoms with van der Waals surface area (Å²) in [7, 11) is 0. The number of aryl methyl sites for hydroxylation is 1. The maximum absolute atomic E-state index is 12.3. The number of nitrogens with zero attached hydrogens (tertiary/aromatic N) is 1. The molecule has 0 saturated carbocycles. The number of carbonyl (C=O) groups excluding carboxylic acids is 1. The summed E-state index contributed by atoms with van der Waals surface area (Å²) >= 11 is 1.61. The minimum atomic E-state index is -0.123. The summed E-state index contributed by atoms with van der Waals surface area (Å²) in [5.74, 6) is 1.36. The number of hydrogen-bond donors (Lipinski definition) is 1. The third-order valence-corrected chi connectivity index (χ3v) is 4.87. The quantitative estimate of drug-likeness (QED) is 0.930. The van der Waals surface area contributed by atoms with Gasteiger partial charge in [-0.2, -0.15) is 0 Å². The molecule has 1 heterocycles. The lowest BCUT2D eigenvalue weighted by molar-refractivity contribution is 0.102. The summed E-state index contributed by atoms with van der Waals surface area (Å²) in [5.41, 5.74) is 1.77. The van der Waals surface area contributed by atoms with E-state index in [0.717, 1.165) is 24.3 Å². The van der Waals surface area contributed by atoms with E-state index in [2.05, 4.69) is 17.2 Å². The first kappa shape index (κ1) is 15.0. The lowest BCUT2D eigenvalue weighted by Crippen LogP contribution is -2.12. The number of hydrogen-bond acceptors (Lipinski definition) is 4. The summed E-state index contributed by atoms with van der Waals surface area (Å²) in [6, 6.07) is 7.17. The van der Waals surface area contributed by atoms with Crippen LogP contribution in [0.25, 0.3) is 0 Å². The van der Waals surface area contributed by atoms with Crippen molar-refractivity contribution in [3.05, 3.63) is 40.4 Å². The van der Waals surface area contributed by atoms with Crippen molar-refractivity contribution in [1.82, 2.24) is 4.98 Å². The lowest BCUT2D eigenvalue weighted by Gasteiger charge is -2.15. The first-order chi connectivity index (χ1) is 10.7. The van der Waals surface area contributed by atoms with E-state index in [9.17, 15) is 4.79 Å². The van der Waals surface area contributed by atoms with Crippen LogP contribution in [0.1, 0.15) is 41.2 Å². The predicted molar refractivity (Wildman–Crippen MR) is 88.9 cm³/mol. The van der Waals surface area contributed by atoms with Gasteiger partial charge in [0.2, 0.25) is 0 Å². The predicted octanol–water partition coefficient (Wildman–Crippen LogP) is 3.92. The van der Waals surface area contributed by atoms with Gasteiger partial charge in [0, 0.05) is 10.4 Å². The Balaban J connectivity index is 1.69. The Labute approximate surface area is 134 Å². The molecule has 116 valence electrons. The molecule has 3 rings (SSSR count). The second kappa shape index (κ2) is 6.48. The van der Waals surface area contributed by atoms with Gasteiger partial charge in [-0.25, -0.2) is 4.98 Å². The number of rotatable bonds is 4. The molecule has 1 aromatic carbocycles. The third-order valence-electron chi connectivity index (χ3n) is 3.83. The zero-order valence-electron chi connectivity index (χ0n) is 12.9. The minimum Gasteiger partial charge on any atom is -0.494 e. The van der Waals surface area contributed by atoms with Crippen molar-refractivity contribution in [2.45, 2.75) is 33.1 Å². The summed E-state index contributed by atoms with van der Waals surface area (Å²) in [5, 5.41) is 3.62. The van der Waals surface area contributed by atoms with Crippen LogP contribution in [0.3, 0.4) is 0 Å². The first-order valence-corrected chi connectivity index (χ1v) is 8.50. The number of amides is 1. The maximum atomic E-state index is 12.3. The van der Waals surface area contributed by atoms with E-state index < -0.39 is 0 Å². The largest absolute Gasteiger partial charge is 0.494 e. The molecule has 1 aliphatic carbocycles. The second-order valence-electron chi connectivity index (χ2n) is 5.65. The zero-order chi connectivity index (χ0) is 15.5. The van der Waals surface area contributed by atoms with E-state index in [1.165, 1.54) is 11.3 Å². The van der Waals surface area contributed by atoms with Gasteiger partial charge in [-0.05, 0) is 56.4 Å². The van der Waals surface area contributed by atoms with Crippen LogP contribution in [0.4, 0.5) is 5.13 Å². The van der Waals surface area contributed by atoms with Gasteiger partial charge in [-0.3, -0.25) is 10.1 Å². The Kier molecular flexibility index (Phi) is 4.43. The highest BCUT2D eigenvalue weighted by molar-refractivity contribution is 7.15. The van der Waals surface area contributed by atoms with Crippen molar-refractivity contribution in [3.63, 3.8) is 0 Å². The van der Waals surface area contributed by atoms with Crippen LogP contribution in [0.15, 0.2) is 24.3 Å². The highest BCUT2D eigenvalue weighted by Gasteiger charge is 2.20. The number of fused-ring (bicyclic) bond motifs is 1. The SMILES string of the molecule is CCOc1ccc(C(=O)Nc2nc3c(s2)C[C@H](C)CC3)cc1. The normalized spacial score (nSPS) is 16.9. The van der Waals surface area contributed by atoms with Crippen molar-refractivity contribution in [3.8, 4) is 5.75 Å². The topological polar surface area (TPSA) is 51.2 Å². The maximum Gasteiger partial charge on any atom is 0.257 e. The van der Waals surface area contributed by atoms with Crippen LogP contribution in [0, 0.1) is 5.92 Å². The van der Waals surface area contributed by atoms with E-state index in [-0.39, 0.29) is 5.91 Å². The number of anilines is 1. The van der Waals surface area contributed by atoms with Crippen LogP contribution in [-0.4, -0.2) is 17.5 Å². The average Bonchev–Trinajstić information content (AvgIpc) is 2.89. The van der Waals surface area contributed by atoms with Gasteiger partial charge in [0.15, 0.2) is 5.13 Å². The number of thiazole rings is 1. The fourth-order valence-electron chi connectivity index (χ4n) is 2.63. The van der Waals surface area contributed by atoms with Crippen LogP contribution < -0.4 is 10.1 Å². The molecule has 1 amide bonds. The zero-order valence-corrected chi connectivity index (χ0v) is 13.7. The molecule has 5 heteroatoms. The van der Waals surface area contributed by atoms with Gasteiger partial charge < -0.3 is 4.74 Å². The van der Waals surface area contributed by atoms with Crippen molar-refractivity contribution in [2.75, 3.05) is 11.9 Å². The van der Waals surface area contributed by atoms with Gasteiger partial charge in [-0.15, -0.1) is 11.3 Å². The third kappa shape index (κ3) is 3.30. The van der Waals surface area contributed by atoms with Gasteiger partial charge >= 0.3 is 0 Å². The van der Waals surface area contributed by atoms with Crippen LogP contribution in [0.5, 0.6) is 5.75 Å². The van der Waals surface area contributed by atoms with Crippen molar-refractivity contribution >= 4 is 22.4 Å². The molecule has 1 aromatic heterocycles. The number of carbonyl (C=O) groups is 1. The molecule has 0 radical (unpaired) electrons. The number of benzene rings is 1. The molecule has 2 aromatic rings. The second-order valence-corrected chi connectivity index (χ2v) is 6.73. The fourth-order valence-corrected chi connectivity index (χ4v) is 3.80. The van der Waals surface area contributed by atoms with Crippen LogP contribution >= 0.6 is 11.3 Å². The van der Waals surface area contributed by atoms with E-state index in [1.807, 2.05) is 19.1 Å². The Bertz CT molecular complexity index is 664. The van der Waals surface area contributed by atoms with Gasteiger partial charge in [0.05, 0.1) is 12.3 Å². The molecule has 0 saturated heterocycles. The molecule has 1 N–H and O–H groups in total. The molecule has 0 spiro atoms. The Morgan fingerprint density at radius 3 is 2.91 bits per heavy atom. The summed E-state index contributed by atoms with van der Waals surface area (Å²) in [4.78, 5) is 18.2. The molecule has 1 atom stereocenters. The fraction of sp³-hybridized carbons (Fsp3) is 0.412. The summed E-state index contributed by atoms with van der Waals surface area (Å²) in [6.45, 7) is 4.82. The van der Waals surface area contributed by atoms with Crippen LogP contribution in [0.2, 0.25) is 0 Å². The van der Waals surface area contributed by atoms with E-state index in [1.54, 1.807) is 23.5 Å². The Hall–Kier alpha value is -1.88. The standard InChI is InChI=1S/C17H20N2O2S/c1-3-21-13-7-5-12(6-8-13)16(20)19-17-18-14-9-4-11(2)10-15(14)22-17/h5-8,11H,3-4,9-10H2,1-2H3,(H,18,19,20)/t11-/m1/s1. The first-order valence-electron chi connectivity index (χ1n) is 7.68. The summed E-state index contributed by atoms with van der Waals surface area (Å²) < 4.78 is 5.38. The molecule has 0 unspecified atom stereocenters. The molecule has 0 bridgehead atoms. The molecule has 1 aliphatic rings. The Morgan fingerprint density at radius 2 is 2.18 bits per heavy atom. The van der Waals surface area contributed by atoms with Crippen LogP contribution in [-0.2, 0) is 12.8 Å². The minimum absolute atomic E-state index is 0.123. The molecule has 4 nitrogen and oxygen atoms in total. The molecular weight excluding hydrogens is 296 g/mol. The highest BCUT2D eigenvalue weighted by atomic mass is 32.1. The number of ether oxygens (including phenoxy) is 1. The van der Waals surface area contributed by atoms with E-state index in [4.69, 9.17) is 4.74 Å². The van der Waals surface area contributed by atoms with Crippen molar-refractivity contribution < 1.29 is 9.53 Å². The smallest absolute Gasteiger partial charge is 0.257 e. The van der Waals surface area contributed by atoms with E-state index >= 15 is 0 Å². The monoisotopic (exact) mass is 316 g/mol. The number of aromatic nitrogens is 1. The van der Waals surface area contributed by atoms with Gasteiger partial charge in [0.25, 0.3) is 5.91 Å². The van der Waals surface area contributed by atoms with E-state index in [0.29, 0.717) is 23.2 Å². The molecular formula is C17H20N2O2S. The molecule has 0 aliphatic heterocycles. The molecule has 0 fully saturated rings. The highest BCUT2D eigenvalue weighted by Crippen LogP contribution is 2.32. The van der Waals surface area contributed by atoms with Crippen molar-refractivity contribution in [2.24, 2.45) is 5.92 Å². The Morgan fingerprint density at radius 1 is 1.41 bits per heavy atom. The van der Waals surface area contributed by atoms with Gasteiger partial charge in [0.1, 0.15) is 5.75 Å². The van der Waals surface area contributed by atoms with Gasteiger partial charge in [-0.1, -0.05) is 6.92 Å².